The Balaban J connectivity index is 1.21. The first-order chi connectivity index (χ1) is 21.7. The molecular formula is C40H24N2O2. The number of benzene rings is 3. The van der Waals surface area contributed by atoms with Crippen LogP contribution in [0.15, 0.2) is 115 Å². The third kappa shape index (κ3) is 3.07. The highest BCUT2D eigenvalue weighted by molar-refractivity contribution is 6.32. The minimum Gasteiger partial charge on any atom is -0.293 e. The summed E-state index contributed by atoms with van der Waals surface area (Å²) in [4.78, 5) is 38.8. The molecule has 5 aliphatic rings. The molecule has 0 bridgehead atoms. The minimum atomic E-state index is -0.387. The van der Waals surface area contributed by atoms with Gasteiger partial charge in [0.1, 0.15) is 0 Å². The van der Waals surface area contributed by atoms with Crippen molar-refractivity contribution in [3.8, 4) is 0 Å². The smallest absolute Gasteiger partial charge is 0.174 e. The number of pyridine rings is 2. The van der Waals surface area contributed by atoms with E-state index in [-0.39, 0.29) is 29.3 Å². The Hall–Kier alpha value is -5.48. The number of hydrogen-bond acceptors (Lipinski definition) is 4. The molecule has 0 radical (unpaired) electrons. The molecule has 2 aromatic heterocycles. The van der Waals surface area contributed by atoms with E-state index in [4.69, 9.17) is 9.97 Å². The highest BCUT2D eigenvalue weighted by Crippen LogP contribution is 2.50. The van der Waals surface area contributed by atoms with Crippen LogP contribution in [0.1, 0.15) is 44.4 Å². The molecule has 4 heteroatoms. The fourth-order valence-electron chi connectivity index (χ4n) is 7.98. The molecule has 0 spiro atoms. The van der Waals surface area contributed by atoms with Gasteiger partial charge in [-0.15, -0.1) is 0 Å². The van der Waals surface area contributed by atoms with Gasteiger partial charge in [-0.1, -0.05) is 103 Å². The number of Topliss-reactive ketones (excluding diaryl/α,β-unsaturated/α-hetero) is 2. The number of aromatic nitrogens is 2. The SMILES string of the molecule is O=C1c2ccc3nc4c5c6c(nc(c2c36)=C2C=CC(c3ccccc3)=CC12)CC=C5C(=O)C1C=C(c2ccccc2)C=CC41. The van der Waals surface area contributed by atoms with Crippen molar-refractivity contribution in [3.05, 3.63) is 154 Å². The van der Waals surface area contributed by atoms with Crippen LogP contribution < -0.4 is 5.35 Å². The Kier molecular flexibility index (Phi) is 4.66. The number of allylic oxidation sites excluding steroid dienone is 10. The first kappa shape index (κ1) is 24.0. The Bertz CT molecular complexity index is 2390. The average molecular weight is 565 g/mol. The van der Waals surface area contributed by atoms with E-state index in [9.17, 15) is 9.59 Å². The van der Waals surface area contributed by atoms with E-state index >= 15 is 0 Å². The summed E-state index contributed by atoms with van der Waals surface area (Å²) in [6.07, 6.45) is 15.3. The molecule has 0 saturated carbocycles. The lowest BCUT2D eigenvalue weighted by Crippen LogP contribution is -2.33. The van der Waals surface area contributed by atoms with E-state index in [1.165, 1.54) is 0 Å². The van der Waals surface area contributed by atoms with Crippen LogP contribution in [-0.4, -0.2) is 21.5 Å². The first-order valence-corrected chi connectivity index (χ1v) is 15.2. The van der Waals surface area contributed by atoms with Crippen molar-refractivity contribution in [2.45, 2.75) is 12.3 Å². The van der Waals surface area contributed by atoms with Crippen LogP contribution in [0.2, 0.25) is 0 Å². The van der Waals surface area contributed by atoms with Crippen LogP contribution in [0.4, 0.5) is 0 Å². The summed E-state index contributed by atoms with van der Waals surface area (Å²) in [7, 11) is 0. The normalized spacial score (nSPS) is 22.5. The molecule has 0 fully saturated rings. The lowest BCUT2D eigenvalue weighted by atomic mass is 9.68. The molecule has 3 unspecified atom stereocenters. The maximum atomic E-state index is 14.2. The zero-order valence-electron chi connectivity index (χ0n) is 23.6. The zero-order valence-corrected chi connectivity index (χ0v) is 23.6. The summed E-state index contributed by atoms with van der Waals surface area (Å²) in [5, 5.41) is 3.69. The molecule has 0 amide bonds. The van der Waals surface area contributed by atoms with Crippen LogP contribution >= 0.6 is 0 Å². The maximum Gasteiger partial charge on any atom is 0.174 e. The molecule has 0 saturated heterocycles. The fraction of sp³-hybridized carbons (Fsp3) is 0.100. The lowest BCUT2D eigenvalue weighted by Gasteiger charge is -2.35. The van der Waals surface area contributed by atoms with Gasteiger partial charge in [0.25, 0.3) is 0 Å². The number of carbonyl (C=O) groups is 2. The van der Waals surface area contributed by atoms with Gasteiger partial charge in [0.15, 0.2) is 11.6 Å². The number of hydrogen-bond donors (Lipinski definition) is 0. The molecule has 5 aliphatic carbocycles. The van der Waals surface area contributed by atoms with Crippen molar-refractivity contribution in [1.29, 1.82) is 0 Å². The fourth-order valence-corrected chi connectivity index (χ4v) is 7.98. The van der Waals surface area contributed by atoms with Gasteiger partial charge in [-0.25, -0.2) is 0 Å². The third-order valence-corrected chi connectivity index (χ3v) is 9.99. The second-order valence-corrected chi connectivity index (χ2v) is 12.2. The Morgan fingerprint density at radius 3 is 2.18 bits per heavy atom. The number of fused-ring (bicyclic) bond motifs is 3. The zero-order chi connectivity index (χ0) is 29.1. The van der Waals surface area contributed by atoms with Crippen molar-refractivity contribution in [3.63, 3.8) is 0 Å². The standard InChI is InChI=1S/C40H24N2O2/c43-39-27-15-17-32-35-33(27)37(25-13-11-23(19-29(25)39)21-7-3-1-4-8-21)41-31-18-16-28-34(36(31)35)38(42-32)26-14-12-24(20-30(26)40(28)44)22-9-5-2-6-10-22/h1-17,19-20,26,29-30H,18H2. The van der Waals surface area contributed by atoms with Gasteiger partial charge < -0.3 is 0 Å². The average Bonchev–Trinajstić information content (AvgIpc) is 3.09. The van der Waals surface area contributed by atoms with Crippen molar-refractivity contribution in [2.75, 3.05) is 0 Å². The molecule has 2 heterocycles. The first-order valence-electron chi connectivity index (χ1n) is 15.2. The van der Waals surface area contributed by atoms with Crippen molar-refractivity contribution in [2.24, 2.45) is 11.8 Å². The molecule has 0 aliphatic heterocycles. The maximum absolute atomic E-state index is 14.2. The van der Waals surface area contributed by atoms with E-state index < -0.39 is 0 Å². The molecule has 206 valence electrons. The Morgan fingerprint density at radius 2 is 1.41 bits per heavy atom. The van der Waals surface area contributed by atoms with E-state index in [0.717, 1.165) is 77.4 Å². The topological polar surface area (TPSA) is 59.9 Å². The Morgan fingerprint density at radius 1 is 0.659 bits per heavy atom. The second kappa shape index (κ2) is 8.55. The minimum absolute atomic E-state index is 0.0820. The predicted octanol–water partition coefficient (Wildman–Crippen LogP) is 6.99. The van der Waals surface area contributed by atoms with Crippen LogP contribution in [0.3, 0.4) is 0 Å². The molecule has 44 heavy (non-hydrogen) atoms. The molecular weight excluding hydrogens is 540 g/mol. The summed E-state index contributed by atoms with van der Waals surface area (Å²) < 4.78 is 0. The molecule has 10 rings (SSSR count). The van der Waals surface area contributed by atoms with Gasteiger partial charge in [0.05, 0.1) is 34.1 Å². The molecule has 0 N–H and O–H groups in total. The lowest BCUT2D eigenvalue weighted by molar-refractivity contribution is -0.116. The van der Waals surface area contributed by atoms with E-state index in [1.807, 2.05) is 48.5 Å². The van der Waals surface area contributed by atoms with E-state index in [2.05, 4.69) is 66.8 Å². The van der Waals surface area contributed by atoms with Crippen LogP contribution in [0.5, 0.6) is 0 Å². The van der Waals surface area contributed by atoms with Crippen LogP contribution in [0.25, 0.3) is 44.0 Å². The molecule has 4 nitrogen and oxygen atoms in total. The molecule has 5 aromatic rings. The largest absolute Gasteiger partial charge is 0.293 e. The highest BCUT2D eigenvalue weighted by Gasteiger charge is 2.43. The molecule has 3 aromatic carbocycles. The van der Waals surface area contributed by atoms with Gasteiger partial charge >= 0.3 is 0 Å². The highest BCUT2D eigenvalue weighted by atomic mass is 16.1. The number of carbonyl (C=O) groups excluding carboxylic acids is 2. The quantitative estimate of drug-likeness (QED) is 0.232. The van der Waals surface area contributed by atoms with E-state index in [1.54, 1.807) is 0 Å². The van der Waals surface area contributed by atoms with Crippen molar-refractivity contribution < 1.29 is 9.59 Å². The van der Waals surface area contributed by atoms with Gasteiger partial charge in [0, 0.05) is 45.2 Å². The third-order valence-electron chi connectivity index (χ3n) is 9.99. The van der Waals surface area contributed by atoms with Crippen LogP contribution in [0, 0.1) is 11.8 Å². The second-order valence-electron chi connectivity index (χ2n) is 12.2. The number of ketones is 2. The summed E-state index contributed by atoms with van der Waals surface area (Å²) in [6, 6.07) is 24.3. The number of nitrogens with zero attached hydrogens (tertiary/aromatic N) is 2. The van der Waals surface area contributed by atoms with Gasteiger partial charge in [0.2, 0.25) is 0 Å². The van der Waals surface area contributed by atoms with Gasteiger partial charge in [-0.05, 0) is 40.0 Å². The monoisotopic (exact) mass is 564 g/mol. The summed E-state index contributed by atoms with van der Waals surface area (Å²) in [5.41, 5.74) is 10.3. The Labute approximate surface area is 253 Å². The number of rotatable bonds is 2. The van der Waals surface area contributed by atoms with Gasteiger partial charge in [-0.3, -0.25) is 19.6 Å². The molecule has 3 atom stereocenters. The van der Waals surface area contributed by atoms with E-state index in [0.29, 0.717) is 12.0 Å². The van der Waals surface area contributed by atoms with Crippen molar-refractivity contribution in [1.82, 2.24) is 9.97 Å². The summed E-state index contributed by atoms with van der Waals surface area (Å²) in [5.74, 6) is -0.619. The van der Waals surface area contributed by atoms with Crippen LogP contribution in [-0.2, 0) is 11.2 Å². The summed E-state index contributed by atoms with van der Waals surface area (Å²) in [6.45, 7) is 0. The van der Waals surface area contributed by atoms with Gasteiger partial charge in [-0.2, -0.15) is 0 Å². The predicted molar refractivity (Wildman–Crippen MR) is 174 cm³/mol. The summed E-state index contributed by atoms with van der Waals surface area (Å²) >= 11 is 0. The van der Waals surface area contributed by atoms with Crippen molar-refractivity contribution >= 4 is 55.5 Å².